The van der Waals surface area contributed by atoms with Crippen molar-refractivity contribution >= 4 is 11.5 Å². The number of hydrogen-bond acceptors (Lipinski definition) is 2. The summed E-state index contributed by atoms with van der Waals surface area (Å²) in [5.74, 6) is -2.99. The van der Waals surface area contributed by atoms with Gasteiger partial charge in [0, 0.05) is 5.41 Å². The molecule has 23 heavy (non-hydrogen) atoms. The molecule has 0 amide bonds. The molecule has 2 atom stereocenters. The molecule has 2 N–H and O–H groups in total. The van der Waals surface area contributed by atoms with Crippen molar-refractivity contribution in [2.75, 3.05) is 0 Å². The van der Waals surface area contributed by atoms with Gasteiger partial charge in [0.1, 0.15) is 5.82 Å². The molecule has 3 nitrogen and oxygen atoms in total. The maximum atomic E-state index is 13.3. The minimum absolute atomic E-state index is 0.166. The van der Waals surface area contributed by atoms with Gasteiger partial charge in [-0.2, -0.15) is 13.2 Å². The van der Waals surface area contributed by atoms with Gasteiger partial charge in [0.25, 0.3) is 5.60 Å². The van der Waals surface area contributed by atoms with E-state index in [-0.39, 0.29) is 17.6 Å². The third-order valence-electron chi connectivity index (χ3n) is 4.41. The van der Waals surface area contributed by atoms with E-state index in [1.165, 1.54) is 19.9 Å². The number of benzene rings is 1. The summed E-state index contributed by atoms with van der Waals surface area (Å²) in [6.45, 7) is 7.35. The molecule has 0 aliphatic heterocycles. The van der Waals surface area contributed by atoms with Crippen LogP contribution in [0.4, 0.5) is 17.6 Å². The lowest BCUT2D eigenvalue weighted by molar-refractivity contribution is -0.285. The van der Waals surface area contributed by atoms with Crippen LogP contribution >= 0.6 is 0 Å². The first-order valence-corrected chi connectivity index (χ1v) is 6.81. The summed E-state index contributed by atoms with van der Waals surface area (Å²) in [6, 6.07) is 3.36. The standard InChI is InChI=1S/C16H18F4O3/c1-5-14(4,15(23,13(21)22)16(18,19)20)10(3)12-7-6-11(17)8-9(12)2/h6-8,23H,3,5H2,1-2,4H3,(H,21,22). The fraction of sp³-hybridized carbons (Fsp3) is 0.438. The number of aryl methyl sites for hydroxylation is 1. The van der Waals surface area contributed by atoms with Crippen molar-refractivity contribution in [1.29, 1.82) is 0 Å². The maximum Gasteiger partial charge on any atom is 0.429 e. The number of carbonyl (C=O) groups is 1. The highest BCUT2D eigenvalue weighted by atomic mass is 19.4. The summed E-state index contributed by atoms with van der Waals surface area (Å²) >= 11 is 0. The average Bonchev–Trinajstić information content (AvgIpc) is 2.43. The van der Waals surface area contributed by atoms with Crippen molar-refractivity contribution in [2.45, 2.75) is 39.0 Å². The molecule has 128 valence electrons. The normalized spacial score (nSPS) is 17.2. The molecule has 7 heteroatoms. The summed E-state index contributed by atoms with van der Waals surface area (Å²) in [5, 5.41) is 19.1. The first-order chi connectivity index (χ1) is 10.3. The first-order valence-electron chi connectivity index (χ1n) is 6.81. The second-order valence-corrected chi connectivity index (χ2v) is 5.64. The minimum atomic E-state index is -5.42. The van der Waals surface area contributed by atoms with E-state index in [1.54, 1.807) is 0 Å². The lowest BCUT2D eigenvalue weighted by atomic mass is 9.64. The van der Waals surface area contributed by atoms with E-state index in [4.69, 9.17) is 5.11 Å². The summed E-state index contributed by atoms with van der Waals surface area (Å²) in [6.07, 6.45) is -5.76. The topological polar surface area (TPSA) is 57.5 Å². The van der Waals surface area contributed by atoms with Crippen LogP contribution in [0.15, 0.2) is 24.8 Å². The molecule has 0 fully saturated rings. The highest BCUT2D eigenvalue weighted by Crippen LogP contribution is 2.53. The summed E-state index contributed by atoms with van der Waals surface area (Å²) in [5.41, 5.74) is -6.02. The summed E-state index contributed by atoms with van der Waals surface area (Å²) < 4.78 is 53.2. The molecule has 0 bridgehead atoms. The van der Waals surface area contributed by atoms with Crippen molar-refractivity contribution in [2.24, 2.45) is 5.41 Å². The van der Waals surface area contributed by atoms with E-state index in [1.807, 2.05) is 0 Å². The van der Waals surface area contributed by atoms with Gasteiger partial charge in [0.05, 0.1) is 0 Å². The molecule has 0 aliphatic rings. The zero-order chi connectivity index (χ0) is 18.2. The Morgan fingerprint density at radius 1 is 1.30 bits per heavy atom. The van der Waals surface area contributed by atoms with Crippen molar-refractivity contribution in [3.8, 4) is 0 Å². The van der Waals surface area contributed by atoms with Crippen LogP contribution in [0.25, 0.3) is 5.57 Å². The van der Waals surface area contributed by atoms with E-state index in [0.29, 0.717) is 5.56 Å². The van der Waals surface area contributed by atoms with Gasteiger partial charge in [0.2, 0.25) is 0 Å². The Labute approximate surface area is 131 Å². The number of aliphatic hydroxyl groups is 1. The predicted octanol–water partition coefficient (Wildman–Crippen LogP) is 3.94. The van der Waals surface area contributed by atoms with Gasteiger partial charge in [-0.3, -0.25) is 0 Å². The Bertz CT molecular complexity index is 639. The van der Waals surface area contributed by atoms with Crippen molar-refractivity contribution < 1.29 is 32.6 Å². The van der Waals surface area contributed by atoms with Crippen LogP contribution in [-0.2, 0) is 4.79 Å². The van der Waals surface area contributed by atoms with Crippen molar-refractivity contribution in [3.05, 3.63) is 41.7 Å². The molecular weight excluding hydrogens is 316 g/mol. The number of halogens is 4. The molecule has 0 heterocycles. The molecule has 2 unspecified atom stereocenters. The number of carboxylic acids is 1. The van der Waals surface area contributed by atoms with Crippen LogP contribution < -0.4 is 0 Å². The van der Waals surface area contributed by atoms with E-state index in [0.717, 1.165) is 19.1 Å². The molecule has 1 aromatic carbocycles. The van der Waals surface area contributed by atoms with E-state index in [9.17, 15) is 27.5 Å². The zero-order valence-corrected chi connectivity index (χ0v) is 13.0. The number of carboxylic acid groups (broad SMARTS) is 1. The molecule has 0 aliphatic carbocycles. The highest BCUT2D eigenvalue weighted by Gasteiger charge is 2.70. The smallest absolute Gasteiger partial charge is 0.429 e. The van der Waals surface area contributed by atoms with E-state index < -0.39 is 29.0 Å². The predicted molar refractivity (Wildman–Crippen MR) is 77.2 cm³/mol. The van der Waals surface area contributed by atoms with Crippen LogP contribution in [-0.4, -0.2) is 28.0 Å². The summed E-state index contributed by atoms with van der Waals surface area (Å²) in [7, 11) is 0. The molecule has 0 radical (unpaired) electrons. The van der Waals surface area contributed by atoms with Gasteiger partial charge >= 0.3 is 12.1 Å². The third kappa shape index (κ3) is 2.85. The molecule has 0 aromatic heterocycles. The first kappa shape index (κ1) is 19.2. The Morgan fingerprint density at radius 3 is 2.17 bits per heavy atom. The van der Waals surface area contributed by atoms with Gasteiger partial charge in [0.15, 0.2) is 0 Å². The van der Waals surface area contributed by atoms with Crippen LogP contribution in [0.1, 0.15) is 31.4 Å². The molecule has 0 saturated carbocycles. The molecule has 0 saturated heterocycles. The summed E-state index contributed by atoms with van der Waals surface area (Å²) in [4.78, 5) is 11.3. The van der Waals surface area contributed by atoms with Gasteiger partial charge in [-0.25, -0.2) is 9.18 Å². The Hall–Kier alpha value is -1.89. The maximum absolute atomic E-state index is 13.3. The lowest BCUT2D eigenvalue weighted by Crippen LogP contribution is -2.62. The van der Waals surface area contributed by atoms with Crippen LogP contribution in [0.2, 0.25) is 0 Å². The number of rotatable bonds is 5. The molecule has 1 rings (SSSR count). The van der Waals surface area contributed by atoms with Crippen molar-refractivity contribution in [1.82, 2.24) is 0 Å². The number of aliphatic carboxylic acids is 1. The minimum Gasteiger partial charge on any atom is -0.479 e. The van der Waals surface area contributed by atoms with E-state index in [2.05, 4.69) is 6.58 Å². The van der Waals surface area contributed by atoms with Gasteiger partial charge in [-0.05, 0) is 42.2 Å². The van der Waals surface area contributed by atoms with Crippen LogP contribution in [0.3, 0.4) is 0 Å². The SMILES string of the molecule is C=C(c1ccc(F)cc1C)C(C)(CC)C(O)(C(=O)O)C(F)(F)F. The zero-order valence-electron chi connectivity index (χ0n) is 13.0. The largest absolute Gasteiger partial charge is 0.479 e. The fourth-order valence-corrected chi connectivity index (χ4v) is 2.62. The Kier molecular flexibility index (Phi) is 4.96. The Balaban J connectivity index is 3.60. The molecule has 1 aromatic rings. The van der Waals surface area contributed by atoms with E-state index >= 15 is 0 Å². The Morgan fingerprint density at radius 2 is 1.83 bits per heavy atom. The number of hydrogen-bond donors (Lipinski definition) is 2. The monoisotopic (exact) mass is 334 g/mol. The average molecular weight is 334 g/mol. The number of alkyl halides is 3. The van der Waals surface area contributed by atoms with Gasteiger partial charge < -0.3 is 10.2 Å². The third-order valence-corrected chi connectivity index (χ3v) is 4.41. The quantitative estimate of drug-likeness (QED) is 0.802. The molecule has 0 spiro atoms. The van der Waals surface area contributed by atoms with Crippen LogP contribution in [0.5, 0.6) is 0 Å². The van der Waals surface area contributed by atoms with Gasteiger partial charge in [-0.15, -0.1) is 0 Å². The van der Waals surface area contributed by atoms with Crippen molar-refractivity contribution in [3.63, 3.8) is 0 Å². The lowest BCUT2D eigenvalue weighted by Gasteiger charge is -2.44. The highest BCUT2D eigenvalue weighted by molar-refractivity contribution is 5.85. The molecular formula is C16H18F4O3. The van der Waals surface area contributed by atoms with Gasteiger partial charge in [-0.1, -0.05) is 26.5 Å². The van der Waals surface area contributed by atoms with Crippen LogP contribution in [0, 0.1) is 18.2 Å². The second kappa shape index (κ2) is 5.96. The fourth-order valence-electron chi connectivity index (χ4n) is 2.62. The second-order valence-electron chi connectivity index (χ2n) is 5.64.